The van der Waals surface area contributed by atoms with E-state index in [4.69, 9.17) is 35.4 Å². The van der Waals surface area contributed by atoms with Crippen molar-refractivity contribution in [1.29, 1.82) is 0 Å². The lowest BCUT2D eigenvalue weighted by atomic mass is 10.0. The first-order chi connectivity index (χ1) is 10.0. The number of azo groups is 1. The summed E-state index contributed by atoms with van der Waals surface area (Å²) in [5.74, 6) is 0. The Morgan fingerprint density at radius 2 is 1.76 bits per heavy atom. The zero-order chi connectivity index (χ0) is 15.3. The van der Waals surface area contributed by atoms with E-state index in [1.165, 1.54) is 0 Å². The highest BCUT2D eigenvalue weighted by molar-refractivity contribution is 7.78. The Morgan fingerprint density at radius 3 is 2.38 bits per heavy atom. The average molecular weight is 336 g/mol. The second kappa shape index (κ2) is 6.92. The van der Waals surface area contributed by atoms with E-state index in [0.717, 1.165) is 5.56 Å². The van der Waals surface area contributed by atoms with Crippen molar-refractivity contribution in [3.05, 3.63) is 64.1 Å². The molecule has 3 nitrogen and oxygen atoms in total. The van der Waals surface area contributed by atoms with E-state index in [2.05, 4.69) is 20.4 Å². The predicted octanol–water partition coefficient (Wildman–Crippen LogP) is 6.05. The number of rotatable bonds is 4. The highest BCUT2D eigenvalue weighted by Gasteiger charge is 2.24. The van der Waals surface area contributed by atoms with E-state index in [1.54, 1.807) is 18.2 Å². The van der Waals surface area contributed by atoms with E-state index >= 15 is 0 Å². The van der Waals surface area contributed by atoms with Crippen LogP contribution < -0.4 is 0 Å². The van der Waals surface area contributed by atoms with Gasteiger partial charge in [-0.25, -0.2) is 0 Å². The molecule has 0 aliphatic carbocycles. The molecule has 0 heterocycles. The van der Waals surface area contributed by atoms with Crippen LogP contribution in [-0.4, -0.2) is 5.16 Å². The molecule has 0 saturated heterocycles. The van der Waals surface area contributed by atoms with Crippen molar-refractivity contribution in [3.8, 4) is 0 Å². The fourth-order valence-corrected chi connectivity index (χ4v) is 2.16. The Balaban J connectivity index is 2.38. The summed E-state index contributed by atoms with van der Waals surface area (Å²) < 4.78 is 0. The highest BCUT2D eigenvalue weighted by atomic mass is 35.5. The van der Waals surface area contributed by atoms with E-state index in [-0.39, 0.29) is 0 Å². The molecule has 0 N–H and O–H groups in total. The third-order valence-corrected chi connectivity index (χ3v) is 3.68. The molecule has 0 aromatic heterocycles. The topological polar surface area (TPSA) is 37.1 Å². The standard InChI is InChI=1S/C15H11Cl2N3S/c1-15(18-10-21,11-5-3-2-4-6-11)20-19-12-7-8-13(16)14(17)9-12/h2-9H,1H3. The molecule has 2 aromatic rings. The number of aliphatic imine (C=N–C) groups is 1. The minimum absolute atomic E-state index is 0.424. The smallest absolute Gasteiger partial charge is 0.195 e. The van der Waals surface area contributed by atoms with Gasteiger partial charge in [-0.2, -0.15) is 15.2 Å². The number of hydrogen-bond donors (Lipinski definition) is 0. The molecule has 0 amide bonds. The molecule has 0 radical (unpaired) electrons. The van der Waals surface area contributed by atoms with Gasteiger partial charge in [0.25, 0.3) is 0 Å². The summed E-state index contributed by atoms with van der Waals surface area (Å²) in [5.41, 5.74) is 0.534. The lowest BCUT2D eigenvalue weighted by Gasteiger charge is -2.17. The van der Waals surface area contributed by atoms with Gasteiger partial charge in [0.2, 0.25) is 5.66 Å². The summed E-state index contributed by atoms with van der Waals surface area (Å²) in [7, 11) is 0. The minimum atomic E-state index is -0.922. The maximum atomic E-state index is 5.96. The van der Waals surface area contributed by atoms with Gasteiger partial charge in [0.05, 0.1) is 20.9 Å². The molecular formula is C15H11Cl2N3S. The molecule has 106 valence electrons. The number of hydrogen-bond acceptors (Lipinski definition) is 4. The van der Waals surface area contributed by atoms with Crippen molar-refractivity contribution in [2.24, 2.45) is 15.2 Å². The SMILES string of the molecule is CC(N=C=S)(N=Nc1ccc(Cl)c(Cl)c1)c1ccccc1. The summed E-state index contributed by atoms with van der Waals surface area (Å²) in [5, 5.41) is 11.7. The first-order valence-electron chi connectivity index (χ1n) is 6.08. The third kappa shape index (κ3) is 3.96. The van der Waals surface area contributed by atoms with Gasteiger partial charge in [0.15, 0.2) is 0 Å². The molecule has 21 heavy (non-hydrogen) atoms. The van der Waals surface area contributed by atoms with Crippen LogP contribution in [0.4, 0.5) is 5.69 Å². The molecule has 0 saturated carbocycles. The number of benzene rings is 2. The largest absolute Gasteiger partial charge is 0.202 e. The summed E-state index contributed by atoms with van der Waals surface area (Å²) in [6, 6.07) is 14.6. The Hall–Kier alpha value is -1.58. The van der Waals surface area contributed by atoms with Crippen LogP contribution in [0.2, 0.25) is 10.0 Å². The van der Waals surface area contributed by atoms with Crippen molar-refractivity contribution in [2.45, 2.75) is 12.6 Å². The summed E-state index contributed by atoms with van der Waals surface area (Å²) in [4.78, 5) is 4.13. The van der Waals surface area contributed by atoms with Crippen LogP contribution in [0, 0.1) is 0 Å². The third-order valence-electron chi connectivity index (χ3n) is 2.85. The Morgan fingerprint density at radius 1 is 1.05 bits per heavy atom. The van der Waals surface area contributed by atoms with Crippen molar-refractivity contribution in [3.63, 3.8) is 0 Å². The first-order valence-corrected chi connectivity index (χ1v) is 7.24. The quantitative estimate of drug-likeness (QED) is 0.380. The average Bonchev–Trinajstić information content (AvgIpc) is 2.50. The number of nitrogens with zero attached hydrogens (tertiary/aromatic N) is 3. The minimum Gasteiger partial charge on any atom is -0.195 e. The second-order valence-corrected chi connectivity index (χ2v) is 5.39. The van der Waals surface area contributed by atoms with E-state index in [9.17, 15) is 0 Å². The molecular weight excluding hydrogens is 325 g/mol. The molecule has 1 unspecified atom stereocenters. The number of isothiocyanates is 1. The fraction of sp³-hybridized carbons (Fsp3) is 0.133. The van der Waals surface area contributed by atoms with Crippen molar-refractivity contribution >= 4 is 46.3 Å². The molecule has 1 atom stereocenters. The second-order valence-electron chi connectivity index (χ2n) is 4.39. The first kappa shape index (κ1) is 15.8. The van der Waals surface area contributed by atoms with Gasteiger partial charge in [0, 0.05) is 5.56 Å². The van der Waals surface area contributed by atoms with Crippen LogP contribution in [0.3, 0.4) is 0 Å². The molecule has 6 heteroatoms. The van der Waals surface area contributed by atoms with Gasteiger partial charge in [0.1, 0.15) is 0 Å². The van der Waals surface area contributed by atoms with Crippen LogP contribution in [0.15, 0.2) is 63.8 Å². The van der Waals surface area contributed by atoms with E-state index in [1.807, 2.05) is 37.3 Å². The lowest BCUT2D eigenvalue weighted by molar-refractivity contribution is 0.504. The summed E-state index contributed by atoms with van der Waals surface area (Å²) in [6.45, 7) is 1.81. The van der Waals surface area contributed by atoms with Crippen LogP contribution in [-0.2, 0) is 5.66 Å². The van der Waals surface area contributed by atoms with Gasteiger partial charge in [-0.15, -0.1) is 0 Å². The zero-order valence-electron chi connectivity index (χ0n) is 11.1. The summed E-state index contributed by atoms with van der Waals surface area (Å²) >= 11 is 16.5. The molecule has 0 spiro atoms. The number of thiocarbonyl (C=S) groups is 1. The molecule has 2 aromatic carbocycles. The van der Waals surface area contributed by atoms with Crippen LogP contribution >= 0.6 is 35.4 Å². The van der Waals surface area contributed by atoms with Crippen molar-refractivity contribution < 1.29 is 0 Å². The highest BCUT2D eigenvalue weighted by Crippen LogP contribution is 2.31. The van der Waals surface area contributed by atoms with Gasteiger partial charge in [-0.3, -0.25) is 0 Å². The molecule has 0 bridgehead atoms. The molecule has 0 aliphatic rings. The normalized spacial score (nSPS) is 13.7. The van der Waals surface area contributed by atoms with Gasteiger partial charge >= 0.3 is 0 Å². The van der Waals surface area contributed by atoms with Gasteiger partial charge < -0.3 is 0 Å². The van der Waals surface area contributed by atoms with Crippen LogP contribution in [0.1, 0.15) is 12.5 Å². The van der Waals surface area contributed by atoms with E-state index in [0.29, 0.717) is 15.7 Å². The zero-order valence-corrected chi connectivity index (χ0v) is 13.5. The maximum absolute atomic E-state index is 5.96. The molecule has 0 fully saturated rings. The Kier molecular flexibility index (Phi) is 5.21. The fourth-order valence-electron chi connectivity index (χ4n) is 1.69. The Bertz CT molecular complexity index is 712. The van der Waals surface area contributed by atoms with Gasteiger partial charge in [-0.1, -0.05) is 53.5 Å². The van der Waals surface area contributed by atoms with E-state index < -0.39 is 5.66 Å². The molecule has 0 aliphatic heterocycles. The van der Waals surface area contributed by atoms with Crippen molar-refractivity contribution in [1.82, 2.24) is 0 Å². The number of halogens is 2. The summed E-state index contributed by atoms with van der Waals surface area (Å²) in [6.07, 6.45) is 0. The predicted molar refractivity (Wildman–Crippen MR) is 89.8 cm³/mol. The van der Waals surface area contributed by atoms with Crippen molar-refractivity contribution in [2.75, 3.05) is 0 Å². The lowest BCUT2D eigenvalue weighted by Crippen LogP contribution is -2.14. The van der Waals surface area contributed by atoms with Crippen LogP contribution in [0.25, 0.3) is 0 Å². The molecule has 2 rings (SSSR count). The van der Waals surface area contributed by atoms with Gasteiger partial charge in [-0.05, 0) is 37.3 Å². The maximum Gasteiger partial charge on any atom is 0.202 e. The van der Waals surface area contributed by atoms with Crippen LogP contribution in [0.5, 0.6) is 0 Å². The monoisotopic (exact) mass is 335 g/mol. The Labute approximate surface area is 138 Å².